The summed E-state index contributed by atoms with van der Waals surface area (Å²) < 4.78 is 8.61. The molecule has 3 heterocycles. The summed E-state index contributed by atoms with van der Waals surface area (Å²) in [6.45, 7) is 0. The average Bonchev–Trinajstić information content (AvgIpc) is 3.83. The number of thiophene rings is 1. The van der Waals surface area contributed by atoms with Crippen molar-refractivity contribution in [3.8, 4) is 44.9 Å². The minimum absolute atomic E-state index is 0.147. The molecule has 0 saturated heterocycles. The Bertz CT molecular complexity index is 2800. The number of aromatic nitrogens is 2. The molecule has 11 rings (SSSR count). The fourth-order valence-corrected chi connectivity index (χ4v) is 10.2. The van der Waals surface area contributed by atoms with Gasteiger partial charge in [0.1, 0.15) is 11.2 Å². The Morgan fingerprint density at radius 1 is 0.540 bits per heavy atom. The van der Waals surface area contributed by atoms with Crippen LogP contribution in [-0.4, -0.2) is 9.97 Å². The molecule has 0 aliphatic heterocycles. The van der Waals surface area contributed by atoms with E-state index in [-0.39, 0.29) is 5.41 Å². The number of furan rings is 1. The maximum Gasteiger partial charge on any atom is 0.160 e. The third-order valence-corrected chi connectivity index (χ3v) is 12.5. The molecule has 2 aliphatic rings. The van der Waals surface area contributed by atoms with E-state index in [0.717, 1.165) is 60.2 Å². The largest absolute Gasteiger partial charge is 0.456 e. The summed E-state index contributed by atoms with van der Waals surface area (Å²) in [5, 5.41) is 3.41. The average molecular weight is 661 g/mol. The quantitative estimate of drug-likeness (QED) is 0.189. The fourth-order valence-electron chi connectivity index (χ4n) is 9.03. The summed E-state index contributed by atoms with van der Waals surface area (Å²) in [6.07, 6.45) is 6.41. The molecule has 50 heavy (non-hydrogen) atoms. The lowest BCUT2D eigenvalue weighted by Gasteiger charge is -2.36. The Labute approximate surface area is 293 Å². The summed E-state index contributed by atoms with van der Waals surface area (Å²) in [5.74, 6) is 0.733. The number of benzene rings is 6. The van der Waals surface area contributed by atoms with Crippen LogP contribution in [0.25, 0.3) is 87.1 Å². The molecule has 0 bridgehead atoms. The van der Waals surface area contributed by atoms with Gasteiger partial charge >= 0.3 is 0 Å². The third kappa shape index (κ3) is 4.03. The van der Waals surface area contributed by atoms with Gasteiger partial charge < -0.3 is 4.42 Å². The molecule has 238 valence electrons. The summed E-state index contributed by atoms with van der Waals surface area (Å²) in [6, 6.07) is 48.3. The van der Waals surface area contributed by atoms with Crippen LogP contribution in [0, 0.1) is 0 Å². The highest BCUT2D eigenvalue weighted by Gasteiger charge is 2.44. The van der Waals surface area contributed by atoms with Gasteiger partial charge in [0.15, 0.2) is 5.82 Å². The Kier molecular flexibility index (Phi) is 6.06. The van der Waals surface area contributed by atoms with E-state index >= 15 is 0 Å². The molecule has 1 fully saturated rings. The highest BCUT2D eigenvalue weighted by molar-refractivity contribution is 7.26. The van der Waals surface area contributed by atoms with Crippen LogP contribution in [0.3, 0.4) is 0 Å². The lowest BCUT2D eigenvalue weighted by Crippen LogP contribution is -2.27. The highest BCUT2D eigenvalue weighted by atomic mass is 32.1. The zero-order valence-corrected chi connectivity index (χ0v) is 28.3. The monoisotopic (exact) mass is 660 g/mol. The van der Waals surface area contributed by atoms with Gasteiger partial charge in [-0.05, 0) is 70.5 Å². The van der Waals surface area contributed by atoms with Gasteiger partial charge in [-0.1, -0.05) is 128 Å². The predicted octanol–water partition coefficient (Wildman–Crippen LogP) is 13.0. The van der Waals surface area contributed by atoms with Crippen molar-refractivity contribution in [1.82, 2.24) is 9.97 Å². The van der Waals surface area contributed by atoms with Gasteiger partial charge in [-0.25, -0.2) is 9.97 Å². The van der Waals surface area contributed by atoms with Crippen molar-refractivity contribution in [1.29, 1.82) is 0 Å². The minimum Gasteiger partial charge on any atom is -0.456 e. The molecule has 3 nitrogen and oxygen atoms in total. The molecule has 0 radical (unpaired) electrons. The SMILES string of the molecule is c1ccc2c(c1)-c1c(-c3ccc(-c4nc(-c5ccc6c(c5)oc5ccccc56)c5sc6ccccc6c5n4)cc3)cccc1C21CCCCC1. The second kappa shape index (κ2) is 10.7. The molecule has 4 heteroatoms. The van der Waals surface area contributed by atoms with Gasteiger partial charge in [-0.2, -0.15) is 0 Å². The number of fused-ring (bicyclic) bond motifs is 11. The predicted molar refractivity (Wildman–Crippen MR) is 208 cm³/mol. The fraction of sp³-hybridized carbons (Fsp3) is 0.130. The van der Waals surface area contributed by atoms with Crippen molar-refractivity contribution >= 4 is 53.6 Å². The van der Waals surface area contributed by atoms with Gasteiger partial charge in [0.25, 0.3) is 0 Å². The van der Waals surface area contributed by atoms with Crippen molar-refractivity contribution < 1.29 is 4.42 Å². The first-order valence-electron chi connectivity index (χ1n) is 17.7. The lowest BCUT2D eigenvalue weighted by atomic mass is 9.68. The van der Waals surface area contributed by atoms with E-state index in [1.165, 1.54) is 70.2 Å². The number of nitrogens with zero attached hydrogens (tertiary/aromatic N) is 2. The van der Waals surface area contributed by atoms with Gasteiger partial charge in [0, 0.05) is 37.4 Å². The molecule has 9 aromatic rings. The minimum atomic E-state index is 0.147. The van der Waals surface area contributed by atoms with E-state index in [4.69, 9.17) is 14.4 Å². The van der Waals surface area contributed by atoms with E-state index in [0.29, 0.717) is 0 Å². The van der Waals surface area contributed by atoms with E-state index in [9.17, 15) is 0 Å². The lowest BCUT2D eigenvalue weighted by molar-refractivity contribution is 0.353. The van der Waals surface area contributed by atoms with E-state index in [1.54, 1.807) is 11.3 Å². The number of para-hydroxylation sites is 1. The Morgan fingerprint density at radius 3 is 2.14 bits per heavy atom. The van der Waals surface area contributed by atoms with Gasteiger partial charge in [-0.3, -0.25) is 0 Å². The van der Waals surface area contributed by atoms with Crippen LogP contribution in [0.2, 0.25) is 0 Å². The first-order valence-corrected chi connectivity index (χ1v) is 18.5. The number of hydrogen-bond acceptors (Lipinski definition) is 4. The second-order valence-corrected chi connectivity index (χ2v) is 15.0. The van der Waals surface area contributed by atoms with Crippen LogP contribution in [0.4, 0.5) is 0 Å². The van der Waals surface area contributed by atoms with Crippen molar-refractivity contribution in [2.75, 3.05) is 0 Å². The topological polar surface area (TPSA) is 38.9 Å². The van der Waals surface area contributed by atoms with Crippen LogP contribution in [-0.2, 0) is 5.41 Å². The molecule has 1 spiro atoms. The van der Waals surface area contributed by atoms with Crippen LogP contribution < -0.4 is 0 Å². The summed E-state index contributed by atoms with van der Waals surface area (Å²) in [4.78, 5) is 10.5. The highest BCUT2D eigenvalue weighted by Crippen LogP contribution is 2.57. The van der Waals surface area contributed by atoms with Crippen molar-refractivity contribution in [2.45, 2.75) is 37.5 Å². The number of hydrogen-bond donors (Lipinski definition) is 0. The standard InChI is InChI=1S/C46H32N2OS/c1-8-25-46(26-9-1)36-15-5-2-12-34(36)41-31(14-10-16-37(41)46)28-19-21-29(22-20-28)45-47-42(44-43(48-45)35-13-4-7-18-40(35)50-44)30-23-24-33-32-11-3-6-17-38(32)49-39(33)27-30/h2-7,10-24,27H,1,8-9,25-26H2. The maximum atomic E-state index is 6.31. The third-order valence-electron chi connectivity index (χ3n) is 11.3. The molecule has 0 amide bonds. The molecule has 3 aromatic heterocycles. The van der Waals surface area contributed by atoms with Crippen LogP contribution >= 0.6 is 11.3 Å². The maximum absolute atomic E-state index is 6.31. The van der Waals surface area contributed by atoms with E-state index < -0.39 is 0 Å². The van der Waals surface area contributed by atoms with Crippen molar-refractivity contribution in [3.05, 3.63) is 145 Å². The van der Waals surface area contributed by atoms with Crippen LogP contribution in [0.1, 0.15) is 43.2 Å². The van der Waals surface area contributed by atoms with Crippen molar-refractivity contribution in [3.63, 3.8) is 0 Å². The zero-order chi connectivity index (χ0) is 32.8. The molecule has 1 saturated carbocycles. The first kappa shape index (κ1) is 28.3. The second-order valence-electron chi connectivity index (χ2n) is 14.0. The smallest absolute Gasteiger partial charge is 0.160 e. The number of rotatable bonds is 3. The molecule has 0 N–H and O–H groups in total. The normalized spacial score (nSPS) is 15.0. The Balaban J connectivity index is 1.06. The molecule has 0 atom stereocenters. The Hall–Kier alpha value is -5.58. The molecule has 0 unspecified atom stereocenters. The molecule has 2 aliphatic carbocycles. The van der Waals surface area contributed by atoms with E-state index in [2.05, 4.69) is 121 Å². The van der Waals surface area contributed by atoms with Gasteiger partial charge in [0.05, 0.1) is 15.9 Å². The summed E-state index contributed by atoms with van der Waals surface area (Å²) >= 11 is 1.76. The molecule has 6 aromatic carbocycles. The van der Waals surface area contributed by atoms with E-state index in [1.807, 2.05) is 12.1 Å². The molecular formula is C46H32N2OS. The van der Waals surface area contributed by atoms with Crippen LogP contribution in [0.5, 0.6) is 0 Å². The van der Waals surface area contributed by atoms with Gasteiger partial charge in [-0.15, -0.1) is 11.3 Å². The zero-order valence-electron chi connectivity index (χ0n) is 27.4. The summed E-state index contributed by atoms with van der Waals surface area (Å²) in [5.41, 5.74) is 14.3. The van der Waals surface area contributed by atoms with Gasteiger partial charge in [0.2, 0.25) is 0 Å². The Morgan fingerprint density at radius 2 is 1.24 bits per heavy atom. The first-order chi connectivity index (χ1) is 24.7. The van der Waals surface area contributed by atoms with Crippen molar-refractivity contribution in [2.24, 2.45) is 0 Å². The van der Waals surface area contributed by atoms with Crippen LogP contribution in [0.15, 0.2) is 138 Å². The molecular weight excluding hydrogens is 629 g/mol. The summed E-state index contributed by atoms with van der Waals surface area (Å²) in [7, 11) is 0.